The number of aromatic nitrogens is 2. The molecule has 0 radical (unpaired) electrons. The van der Waals surface area contributed by atoms with E-state index in [1.807, 2.05) is 58.1 Å². The van der Waals surface area contributed by atoms with Crippen LogP contribution in [0.2, 0.25) is 0 Å². The molecule has 2 aliphatic carbocycles. The average molecular weight is 378 g/mol. The highest BCUT2D eigenvalue weighted by molar-refractivity contribution is 5.94. The molecule has 1 atom stereocenters. The minimum Gasteiger partial charge on any atom is -0.343 e. The van der Waals surface area contributed by atoms with Gasteiger partial charge in [0.2, 0.25) is 5.91 Å². The Morgan fingerprint density at radius 1 is 1.14 bits per heavy atom. The highest BCUT2D eigenvalue weighted by Gasteiger charge is 2.60. The number of carbonyl (C=O) groups excluding carboxylic acids is 2. The highest BCUT2D eigenvalue weighted by Crippen LogP contribution is 2.60. The molecule has 2 aromatic rings. The standard InChI is InChI=1S/C22H26N4O2/c1-24(17-5-6-17)21(28)18-14-22(18)8-12-26(13-9-22)20(27)16-4-7-19(23-15-16)25-10-2-3-11-25/h2-4,7,10-11,15,17-18H,5-6,8-9,12-14H2,1H3. The summed E-state index contributed by atoms with van der Waals surface area (Å²) in [5.74, 6) is 1.35. The van der Waals surface area contributed by atoms with Crippen molar-refractivity contribution < 1.29 is 9.59 Å². The number of likely N-dealkylation sites (tertiary alicyclic amines) is 1. The molecule has 1 unspecified atom stereocenters. The summed E-state index contributed by atoms with van der Waals surface area (Å²) >= 11 is 0. The number of pyridine rings is 1. The van der Waals surface area contributed by atoms with Gasteiger partial charge in [0.1, 0.15) is 5.82 Å². The zero-order valence-electron chi connectivity index (χ0n) is 16.3. The predicted octanol–water partition coefficient (Wildman–Crippen LogP) is 2.74. The summed E-state index contributed by atoms with van der Waals surface area (Å²) in [7, 11) is 1.95. The molecule has 0 aromatic carbocycles. The molecule has 28 heavy (non-hydrogen) atoms. The third-order valence-corrected chi connectivity index (χ3v) is 6.84. The van der Waals surface area contributed by atoms with Gasteiger partial charge in [-0.05, 0) is 61.8 Å². The average Bonchev–Trinajstić information content (AvgIpc) is 3.64. The molecule has 3 aliphatic rings. The third-order valence-electron chi connectivity index (χ3n) is 6.84. The monoisotopic (exact) mass is 378 g/mol. The van der Waals surface area contributed by atoms with Gasteiger partial charge in [0.05, 0.1) is 5.56 Å². The Hall–Kier alpha value is -2.63. The van der Waals surface area contributed by atoms with E-state index in [1.165, 1.54) is 0 Å². The number of piperidine rings is 1. The van der Waals surface area contributed by atoms with Crippen molar-refractivity contribution in [2.75, 3.05) is 20.1 Å². The molecule has 2 aromatic heterocycles. The van der Waals surface area contributed by atoms with Crippen LogP contribution < -0.4 is 0 Å². The summed E-state index contributed by atoms with van der Waals surface area (Å²) in [6, 6.07) is 8.10. The van der Waals surface area contributed by atoms with Crippen LogP contribution in [0.15, 0.2) is 42.9 Å². The Kier molecular flexibility index (Phi) is 4.03. The van der Waals surface area contributed by atoms with Crippen LogP contribution >= 0.6 is 0 Å². The lowest BCUT2D eigenvalue weighted by molar-refractivity contribution is -0.132. The summed E-state index contributed by atoms with van der Waals surface area (Å²) in [5, 5.41) is 0. The molecular formula is C22H26N4O2. The minimum atomic E-state index is 0.0417. The van der Waals surface area contributed by atoms with Gasteiger partial charge in [0.25, 0.3) is 5.91 Å². The molecule has 0 N–H and O–H groups in total. The zero-order valence-corrected chi connectivity index (χ0v) is 16.3. The topological polar surface area (TPSA) is 58.4 Å². The number of nitrogens with zero attached hydrogens (tertiary/aromatic N) is 4. The Balaban J connectivity index is 1.19. The van der Waals surface area contributed by atoms with Crippen LogP contribution in [0.1, 0.15) is 42.5 Å². The molecule has 3 heterocycles. The molecule has 2 saturated carbocycles. The predicted molar refractivity (Wildman–Crippen MR) is 105 cm³/mol. The van der Waals surface area contributed by atoms with Crippen LogP contribution in [0.5, 0.6) is 0 Å². The number of amides is 2. The number of hydrogen-bond acceptors (Lipinski definition) is 3. The first kappa shape index (κ1) is 17.5. The molecule has 6 heteroatoms. The van der Waals surface area contributed by atoms with Gasteiger partial charge in [-0.1, -0.05) is 0 Å². The second kappa shape index (κ2) is 6.47. The summed E-state index contributed by atoms with van der Waals surface area (Å²) in [6.45, 7) is 1.46. The SMILES string of the molecule is CN(C(=O)C1CC12CCN(C(=O)c1ccc(-n3cccc3)nc1)CC2)C1CC1. The molecular weight excluding hydrogens is 352 g/mol. The van der Waals surface area contributed by atoms with E-state index in [0.717, 1.165) is 51.0 Å². The van der Waals surface area contributed by atoms with Crippen molar-refractivity contribution in [1.82, 2.24) is 19.4 Å². The van der Waals surface area contributed by atoms with E-state index in [9.17, 15) is 9.59 Å². The highest BCUT2D eigenvalue weighted by atomic mass is 16.2. The van der Waals surface area contributed by atoms with E-state index in [-0.39, 0.29) is 17.2 Å². The summed E-state index contributed by atoms with van der Waals surface area (Å²) in [5.41, 5.74) is 0.775. The van der Waals surface area contributed by atoms with Crippen LogP contribution in [0.4, 0.5) is 0 Å². The van der Waals surface area contributed by atoms with Crippen molar-refractivity contribution in [3.63, 3.8) is 0 Å². The van der Waals surface area contributed by atoms with Crippen molar-refractivity contribution in [2.24, 2.45) is 11.3 Å². The molecule has 1 aliphatic heterocycles. The molecule has 1 saturated heterocycles. The summed E-state index contributed by atoms with van der Waals surface area (Å²) < 4.78 is 1.92. The number of rotatable bonds is 4. The van der Waals surface area contributed by atoms with Gasteiger partial charge in [-0.2, -0.15) is 0 Å². The van der Waals surface area contributed by atoms with Gasteiger partial charge in [-0.15, -0.1) is 0 Å². The van der Waals surface area contributed by atoms with Crippen LogP contribution in [0.25, 0.3) is 5.82 Å². The van der Waals surface area contributed by atoms with Gasteiger partial charge < -0.3 is 14.4 Å². The smallest absolute Gasteiger partial charge is 0.255 e. The molecule has 146 valence electrons. The quantitative estimate of drug-likeness (QED) is 0.822. The second-order valence-corrected chi connectivity index (χ2v) is 8.59. The van der Waals surface area contributed by atoms with Crippen LogP contribution in [-0.4, -0.2) is 57.3 Å². The van der Waals surface area contributed by atoms with Gasteiger partial charge in [0.15, 0.2) is 0 Å². The Bertz CT molecular complexity index is 878. The number of hydrogen-bond donors (Lipinski definition) is 0. The maximum Gasteiger partial charge on any atom is 0.255 e. The van der Waals surface area contributed by atoms with Crippen LogP contribution in [-0.2, 0) is 4.79 Å². The van der Waals surface area contributed by atoms with E-state index in [2.05, 4.69) is 4.98 Å². The van der Waals surface area contributed by atoms with Crippen molar-refractivity contribution in [3.05, 3.63) is 48.4 Å². The van der Waals surface area contributed by atoms with Gasteiger partial charge in [0, 0.05) is 50.7 Å². The molecule has 0 bridgehead atoms. The van der Waals surface area contributed by atoms with E-state index < -0.39 is 0 Å². The maximum absolute atomic E-state index is 12.9. The third kappa shape index (κ3) is 3.01. The number of carbonyl (C=O) groups is 2. The first-order valence-electron chi connectivity index (χ1n) is 10.2. The van der Waals surface area contributed by atoms with Crippen molar-refractivity contribution in [2.45, 2.75) is 38.1 Å². The Morgan fingerprint density at radius 3 is 2.46 bits per heavy atom. The lowest BCUT2D eigenvalue weighted by Gasteiger charge is -2.33. The van der Waals surface area contributed by atoms with Gasteiger partial charge in [-0.25, -0.2) is 4.98 Å². The fourth-order valence-corrected chi connectivity index (χ4v) is 4.63. The zero-order chi connectivity index (χ0) is 19.3. The Labute approximate surface area is 165 Å². The normalized spacial score (nSPS) is 22.9. The van der Waals surface area contributed by atoms with Crippen molar-refractivity contribution in [3.8, 4) is 5.82 Å². The van der Waals surface area contributed by atoms with E-state index in [4.69, 9.17) is 0 Å². The fraction of sp³-hybridized carbons (Fsp3) is 0.500. The first-order chi connectivity index (χ1) is 13.6. The Morgan fingerprint density at radius 2 is 1.86 bits per heavy atom. The molecule has 6 nitrogen and oxygen atoms in total. The van der Waals surface area contributed by atoms with Gasteiger partial charge in [-0.3, -0.25) is 9.59 Å². The lowest BCUT2D eigenvalue weighted by atomic mass is 9.90. The molecule has 3 fully saturated rings. The molecule has 1 spiro atoms. The van der Waals surface area contributed by atoms with Crippen LogP contribution in [0, 0.1) is 11.3 Å². The summed E-state index contributed by atoms with van der Waals surface area (Å²) in [6.07, 6.45) is 10.7. The van der Waals surface area contributed by atoms with Crippen LogP contribution in [0.3, 0.4) is 0 Å². The van der Waals surface area contributed by atoms with E-state index in [0.29, 0.717) is 17.5 Å². The summed E-state index contributed by atoms with van der Waals surface area (Å²) in [4.78, 5) is 33.8. The molecule has 2 amide bonds. The van der Waals surface area contributed by atoms with Crippen molar-refractivity contribution in [1.29, 1.82) is 0 Å². The molecule has 5 rings (SSSR count). The maximum atomic E-state index is 12.9. The van der Waals surface area contributed by atoms with E-state index in [1.54, 1.807) is 6.20 Å². The van der Waals surface area contributed by atoms with Crippen molar-refractivity contribution >= 4 is 11.8 Å². The fourth-order valence-electron chi connectivity index (χ4n) is 4.63. The van der Waals surface area contributed by atoms with Gasteiger partial charge >= 0.3 is 0 Å². The minimum absolute atomic E-state index is 0.0417. The lowest BCUT2D eigenvalue weighted by Crippen LogP contribution is -2.41. The van der Waals surface area contributed by atoms with E-state index >= 15 is 0 Å². The largest absolute Gasteiger partial charge is 0.343 e. The second-order valence-electron chi connectivity index (χ2n) is 8.59. The first-order valence-corrected chi connectivity index (χ1v) is 10.2.